The summed E-state index contributed by atoms with van der Waals surface area (Å²) >= 11 is 0. The normalized spacial score (nSPS) is 11.3. The lowest BCUT2D eigenvalue weighted by atomic mass is 9.92. The van der Waals surface area contributed by atoms with Crippen LogP contribution in [0.4, 0.5) is 0 Å². The second kappa shape index (κ2) is 13.1. The van der Waals surface area contributed by atoms with Crippen molar-refractivity contribution in [2.24, 2.45) is 0 Å². The molecule has 4 aromatic rings. The topological polar surface area (TPSA) is 51.2 Å². The molecule has 0 aliphatic rings. The fraction of sp³-hybridized carbons (Fsp3) is 0.364. The van der Waals surface area contributed by atoms with E-state index < -0.39 is 0 Å². The molecular formula is C33H36O3. The van der Waals surface area contributed by atoms with Gasteiger partial charge in [-0.2, -0.15) is 0 Å². The van der Waals surface area contributed by atoms with Gasteiger partial charge in [-0.1, -0.05) is 80.3 Å². The first kappa shape index (κ1) is 25.8. The van der Waals surface area contributed by atoms with Crippen molar-refractivity contribution in [3.05, 3.63) is 72.3 Å². The third kappa shape index (κ3) is 6.66. The highest BCUT2D eigenvalue weighted by atomic mass is 16.1. The molecule has 36 heavy (non-hydrogen) atoms. The van der Waals surface area contributed by atoms with Gasteiger partial charge in [-0.25, -0.2) is 0 Å². The lowest BCUT2D eigenvalue weighted by molar-refractivity contribution is -0.119. The average Bonchev–Trinajstić information content (AvgIpc) is 2.90. The van der Waals surface area contributed by atoms with Gasteiger partial charge in [0.15, 0.2) is 5.78 Å². The van der Waals surface area contributed by atoms with Crippen LogP contribution in [0, 0.1) is 0 Å². The summed E-state index contributed by atoms with van der Waals surface area (Å²) in [7, 11) is 0. The molecule has 0 N–H and O–H groups in total. The summed E-state index contributed by atoms with van der Waals surface area (Å²) < 4.78 is 0. The van der Waals surface area contributed by atoms with Gasteiger partial charge in [-0.05, 0) is 64.7 Å². The van der Waals surface area contributed by atoms with Crippen molar-refractivity contribution in [1.82, 2.24) is 0 Å². The van der Waals surface area contributed by atoms with Crippen molar-refractivity contribution >= 4 is 50.2 Å². The Morgan fingerprint density at radius 2 is 1.19 bits per heavy atom. The summed E-state index contributed by atoms with van der Waals surface area (Å²) in [4.78, 5) is 35.6. The largest absolute Gasteiger partial charge is 0.303 e. The maximum Gasteiger partial charge on any atom is 0.163 e. The van der Waals surface area contributed by atoms with Gasteiger partial charge in [0.25, 0.3) is 0 Å². The Morgan fingerprint density at radius 3 is 1.92 bits per heavy atom. The zero-order chi connectivity index (χ0) is 25.2. The molecule has 3 heteroatoms. The van der Waals surface area contributed by atoms with E-state index in [1.54, 1.807) is 0 Å². The third-order valence-corrected chi connectivity index (χ3v) is 7.16. The van der Waals surface area contributed by atoms with E-state index in [-0.39, 0.29) is 5.78 Å². The van der Waals surface area contributed by atoms with Gasteiger partial charge in [-0.15, -0.1) is 0 Å². The van der Waals surface area contributed by atoms with E-state index in [2.05, 4.69) is 54.6 Å². The zero-order valence-corrected chi connectivity index (χ0v) is 21.1. The highest BCUT2D eigenvalue weighted by Gasteiger charge is 2.13. The van der Waals surface area contributed by atoms with Crippen molar-refractivity contribution in [3.8, 4) is 0 Å². The predicted octanol–water partition coefficient (Wildman–Crippen LogP) is 8.78. The number of aldehydes is 1. The molecule has 4 rings (SSSR count). The molecule has 0 unspecified atom stereocenters. The Morgan fingerprint density at radius 1 is 0.583 bits per heavy atom. The van der Waals surface area contributed by atoms with Gasteiger partial charge in [0.2, 0.25) is 0 Å². The molecule has 3 nitrogen and oxygen atoms in total. The Balaban J connectivity index is 1.29. The summed E-state index contributed by atoms with van der Waals surface area (Å²) in [5.41, 5.74) is 0.816. The first-order chi connectivity index (χ1) is 17.7. The van der Waals surface area contributed by atoms with Crippen LogP contribution in [-0.2, 0) is 9.59 Å². The van der Waals surface area contributed by atoms with Gasteiger partial charge < -0.3 is 4.79 Å². The van der Waals surface area contributed by atoms with Crippen LogP contribution in [0.5, 0.6) is 0 Å². The van der Waals surface area contributed by atoms with Crippen molar-refractivity contribution in [2.45, 2.75) is 77.0 Å². The summed E-state index contributed by atoms with van der Waals surface area (Å²) in [5, 5.41) is 6.85. The predicted molar refractivity (Wildman–Crippen MR) is 150 cm³/mol. The molecule has 0 heterocycles. The number of ketones is 2. The van der Waals surface area contributed by atoms with E-state index >= 15 is 0 Å². The van der Waals surface area contributed by atoms with Crippen molar-refractivity contribution in [3.63, 3.8) is 0 Å². The quantitative estimate of drug-likeness (QED) is 0.0561. The number of hydrogen-bond donors (Lipinski definition) is 0. The summed E-state index contributed by atoms with van der Waals surface area (Å²) in [6.07, 6.45) is 11.1. The van der Waals surface area contributed by atoms with Crippen molar-refractivity contribution < 1.29 is 14.4 Å². The maximum absolute atomic E-state index is 13.2. The molecule has 0 saturated carbocycles. The summed E-state index contributed by atoms with van der Waals surface area (Å²) in [6.45, 7) is 0. The number of Topliss-reactive ketones (excluding diaryl/α,β-unsaturated/α-hetero) is 2. The lowest BCUT2D eigenvalue weighted by Gasteiger charge is -2.11. The Kier molecular flexibility index (Phi) is 9.38. The fourth-order valence-electron chi connectivity index (χ4n) is 5.16. The van der Waals surface area contributed by atoms with Gasteiger partial charge in [0.05, 0.1) is 0 Å². The molecule has 0 aliphatic carbocycles. The molecule has 0 spiro atoms. The number of carbonyl (C=O) groups is 3. The molecule has 0 amide bonds. The molecule has 0 saturated heterocycles. The zero-order valence-electron chi connectivity index (χ0n) is 21.1. The van der Waals surface area contributed by atoms with Gasteiger partial charge in [0, 0.05) is 36.6 Å². The van der Waals surface area contributed by atoms with E-state index in [9.17, 15) is 14.4 Å². The SMILES string of the molecule is O=CCCCCCCC(=O)CCCCCCC(=O)c1cccc2ccc3cc4ccccc4cc3c12. The van der Waals surface area contributed by atoms with Crippen LogP contribution in [-0.4, -0.2) is 17.9 Å². The first-order valence-corrected chi connectivity index (χ1v) is 13.5. The van der Waals surface area contributed by atoms with Gasteiger partial charge in [-0.3, -0.25) is 9.59 Å². The van der Waals surface area contributed by atoms with Crippen LogP contribution in [0.15, 0.2) is 66.7 Å². The molecule has 0 bridgehead atoms. The van der Waals surface area contributed by atoms with Crippen LogP contribution in [0.1, 0.15) is 87.4 Å². The number of rotatable bonds is 15. The van der Waals surface area contributed by atoms with Crippen LogP contribution < -0.4 is 0 Å². The van der Waals surface area contributed by atoms with Crippen LogP contribution in [0.3, 0.4) is 0 Å². The molecule has 0 fully saturated rings. The highest BCUT2D eigenvalue weighted by Crippen LogP contribution is 2.32. The molecular weight excluding hydrogens is 444 g/mol. The second-order valence-corrected chi connectivity index (χ2v) is 9.89. The third-order valence-electron chi connectivity index (χ3n) is 7.16. The minimum absolute atomic E-state index is 0.201. The van der Waals surface area contributed by atoms with Crippen molar-refractivity contribution in [2.75, 3.05) is 0 Å². The monoisotopic (exact) mass is 480 g/mol. The lowest BCUT2D eigenvalue weighted by Crippen LogP contribution is -2.01. The van der Waals surface area contributed by atoms with Crippen LogP contribution >= 0.6 is 0 Å². The Labute approximate surface area is 213 Å². The molecule has 0 radical (unpaired) electrons. The number of hydrogen-bond acceptors (Lipinski definition) is 3. The summed E-state index contributed by atoms with van der Waals surface area (Å²) in [6, 6.07) is 23.1. The molecule has 0 aliphatic heterocycles. The number of unbranched alkanes of at least 4 members (excludes halogenated alkanes) is 7. The van der Waals surface area contributed by atoms with E-state index in [0.29, 0.717) is 31.5 Å². The van der Waals surface area contributed by atoms with Gasteiger partial charge >= 0.3 is 0 Å². The highest BCUT2D eigenvalue weighted by molar-refractivity contribution is 6.20. The molecule has 4 aromatic carbocycles. The minimum atomic E-state index is 0.201. The van der Waals surface area contributed by atoms with Crippen LogP contribution in [0.25, 0.3) is 32.3 Å². The smallest absolute Gasteiger partial charge is 0.163 e. The van der Waals surface area contributed by atoms with E-state index in [1.807, 2.05) is 12.1 Å². The summed E-state index contributed by atoms with van der Waals surface area (Å²) in [5.74, 6) is 0.545. The number of fused-ring (bicyclic) bond motifs is 4. The van der Waals surface area contributed by atoms with E-state index in [4.69, 9.17) is 0 Å². The Bertz CT molecular complexity index is 1350. The molecule has 0 aromatic heterocycles. The standard InChI is InChI=1S/C33H36O3/c34-22-11-5-1-2-6-16-29(35)17-7-3-4-8-19-32(36)30-18-12-15-25-20-21-28-23-26-13-9-10-14-27(26)24-31(28)33(25)30/h9-10,12-15,18,20-24H,1-8,11,16-17,19H2. The average molecular weight is 481 g/mol. The fourth-order valence-corrected chi connectivity index (χ4v) is 5.16. The maximum atomic E-state index is 13.2. The van der Waals surface area contributed by atoms with E-state index in [1.165, 1.54) is 10.8 Å². The van der Waals surface area contributed by atoms with Gasteiger partial charge in [0.1, 0.15) is 12.1 Å². The van der Waals surface area contributed by atoms with Crippen LogP contribution in [0.2, 0.25) is 0 Å². The molecule has 186 valence electrons. The number of carbonyl (C=O) groups excluding carboxylic acids is 3. The first-order valence-electron chi connectivity index (χ1n) is 13.5. The molecule has 0 atom stereocenters. The van der Waals surface area contributed by atoms with E-state index in [0.717, 1.165) is 84.8 Å². The minimum Gasteiger partial charge on any atom is -0.303 e. The van der Waals surface area contributed by atoms with Crippen molar-refractivity contribution in [1.29, 1.82) is 0 Å². The second-order valence-electron chi connectivity index (χ2n) is 9.89. The Hall–Kier alpha value is -3.33. The number of benzene rings is 4.